The number of carbonyl (C=O) groups excluding carboxylic acids is 2. The summed E-state index contributed by atoms with van der Waals surface area (Å²) >= 11 is 0. The van der Waals surface area contributed by atoms with Crippen molar-refractivity contribution in [2.75, 3.05) is 65.5 Å². The number of hydrogen-bond acceptors (Lipinski definition) is 13. The van der Waals surface area contributed by atoms with Gasteiger partial charge in [0.15, 0.2) is 23.0 Å². The van der Waals surface area contributed by atoms with Gasteiger partial charge in [-0.05, 0) is 125 Å². The third-order valence-corrected chi connectivity index (χ3v) is 13.3. The summed E-state index contributed by atoms with van der Waals surface area (Å²) in [4.78, 5) is 44.0. The number of nitrogens with zero attached hydrogens (tertiary/aromatic N) is 2. The van der Waals surface area contributed by atoms with E-state index in [0.29, 0.717) is 67.8 Å². The van der Waals surface area contributed by atoms with E-state index < -0.39 is 5.97 Å². The normalized spacial score (nSPS) is 21.5. The van der Waals surface area contributed by atoms with Crippen LogP contribution in [-0.4, -0.2) is 124 Å². The number of nitrogens with one attached hydrogen (secondary N) is 2. The molecule has 5 aliphatic rings. The molecular formula is C55H68N4O12. The molecule has 4 aromatic carbocycles. The number of rotatable bonds is 16. The van der Waals surface area contributed by atoms with Crippen molar-refractivity contribution in [2.24, 2.45) is 15.9 Å². The number of aliphatic imine (C=N–C) groups is 2. The Morgan fingerprint density at radius 1 is 0.606 bits per heavy atom. The number of aliphatic carboxylic acids is 1. The molecule has 2 aliphatic heterocycles. The number of hydrogen-bond donors (Lipinski definition) is 5. The minimum atomic E-state index is -0.630. The van der Waals surface area contributed by atoms with Gasteiger partial charge in [0.2, 0.25) is 11.8 Å². The van der Waals surface area contributed by atoms with Gasteiger partial charge in [0.05, 0.1) is 82.1 Å². The van der Waals surface area contributed by atoms with E-state index in [2.05, 4.69) is 16.7 Å². The Bertz CT molecular complexity index is 2560. The number of methoxy groups -OCH3 is 4. The van der Waals surface area contributed by atoms with Crippen LogP contribution < -0.4 is 29.6 Å². The van der Waals surface area contributed by atoms with Gasteiger partial charge in [-0.15, -0.1) is 0 Å². The van der Waals surface area contributed by atoms with Crippen molar-refractivity contribution in [3.63, 3.8) is 0 Å². The number of aliphatic hydroxyl groups is 2. The van der Waals surface area contributed by atoms with Crippen molar-refractivity contribution in [1.29, 1.82) is 0 Å². The minimum absolute atomic E-state index is 0.00249. The zero-order valence-corrected chi connectivity index (χ0v) is 41.6. The lowest BCUT2D eigenvalue weighted by Gasteiger charge is -2.37. The molecule has 3 saturated carbocycles. The molecule has 9 rings (SSSR count). The van der Waals surface area contributed by atoms with E-state index in [9.17, 15) is 24.6 Å². The number of ether oxygens (including phenoxy) is 6. The molecule has 6 atom stereocenters. The highest BCUT2D eigenvalue weighted by Gasteiger charge is 2.39. The average Bonchev–Trinajstić information content (AvgIpc) is 4.23. The molecule has 0 bridgehead atoms. The lowest BCUT2D eigenvalue weighted by atomic mass is 9.74. The van der Waals surface area contributed by atoms with E-state index in [4.69, 9.17) is 43.5 Å². The van der Waals surface area contributed by atoms with Gasteiger partial charge in [-0.25, -0.2) is 0 Å². The third-order valence-electron chi connectivity index (χ3n) is 13.3. The monoisotopic (exact) mass is 976 g/mol. The molecule has 16 heteroatoms. The zero-order chi connectivity index (χ0) is 50.6. The van der Waals surface area contributed by atoms with Crippen molar-refractivity contribution in [2.45, 2.75) is 108 Å². The van der Waals surface area contributed by atoms with E-state index in [1.165, 1.54) is 7.11 Å². The molecule has 2 amide bonds. The van der Waals surface area contributed by atoms with Crippen molar-refractivity contribution >= 4 is 40.6 Å². The first-order chi connectivity index (χ1) is 34.4. The van der Waals surface area contributed by atoms with Crippen molar-refractivity contribution in [1.82, 2.24) is 0 Å². The van der Waals surface area contributed by atoms with E-state index in [0.717, 1.165) is 89.0 Å². The maximum atomic E-state index is 12.0. The molecular weight excluding hydrogens is 909 g/mol. The predicted octanol–water partition coefficient (Wildman–Crippen LogP) is 7.92. The van der Waals surface area contributed by atoms with Crippen LogP contribution in [0.1, 0.15) is 117 Å². The summed E-state index contributed by atoms with van der Waals surface area (Å²) < 4.78 is 32.8. The number of carboxylic acids is 1. The fraction of sp³-hybridized carbons (Fsp3) is 0.473. The van der Waals surface area contributed by atoms with Crippen LogP contribution >= 0.6 is 0 Å². The molecule has 6 unspecified atom stereocenters. The number of fused-ring (bicyclic) bond motifs is 6. The average molecular weight is 977 g/mol. The molecule has 0 radical (unpaired) electrons. The summed E-state index contributed by atoms with van der Waals surface area (Å²) in [6, 6.07) is 23.7. The standard InChI is InChI=1S/C26H32N2O5.C25H30N2O5.C4H6O2/c1-4-33-24-14-19-20-13-18(29)9-10-22(20)28-26(21(19)15-23(24)32-3)16-5-7-17(8-6-16)27-25(30)11-12-31-2;1-4-32-23-12-18-19-11-17(28)8-9-21(19)27-25(20(18)13-22(23)31-3)15-6-5-7-16(10-15)26-24(29)14-30-2;5-4(6)3-1-2-3/h5-8,14-15,18,20,22,29H,4,9-13H2,1-3H3,(H,27,30);5-7,10,12-13,17,19,21,28H,4,8-9,11,14H2,1-3H3,(H,26,29);3H,1-2H2,(H,5,6). The predicted molar refractivity (Wildman–Crippen MR) is 271 cm³/mol. The number of amides is 2. The number of carboxylic acid groups (broad SMARTS) is 1. The van der Waals surface area contributed by atoms with Gasteiger partial charge in [-0.2, -0.15) is 0 Å². The summed E-state index contributed by atoms with van der Waals surface area (Å²) in [7, 11) is 6.33. The fourth-order valence-corrected chi connectivity index (χ4v) is 9.74. The van der Waals surface area contributed by atoms with E-state index in [1.54, 1.807) is 21.3 Å². The molecule has 380 valence electrons. The second-order valence-corrected chi connectivity index (χ2v) is 18.3. The molecule has 2 heterocycles. The third kappa shape index (κ3) is 13.2. The van der Waals surface area contributed by atoms with Gasteiger partial charge in [0.25, 0.3) is 0 Å². The van der Waals surface area contributed by atoms with E-state index in [-0.39, 0.29) is 60.5 Å². The van der Waals surface area contributed by atoms with Crippen LogP contribution in [0.15, 0.2) is 82.8 Å². The molecule has 3 fully saturated rings. The summed E-state index contributed by atoms with van der Waals surface area (Å²) in [5, 5.41) is 34.5. The molecule has 0 spiro atoms. The summed E-state index contributed by atoms with van der Waals surface area (Å²) in [5.74, 6) is 2.12. The minimum Gasteiger partial charge on any atom is -0.493 e. The van der Waals surface area contributed by atoms with Crippen LogP contribution in [0, 0.1) is 5.92 Å². The topological polar surface area (TPSA) is 216 Å². The Morgan fingerprint density at radius 2 is 1.14 bits per heavy atom. The first-order valence-electron chi connectivity index (χ1n) is 24.6. The van der Waals surface area contributed by atoms with Gasteiger partial charge >= 0.3 is 5.97 Å². The molecule has 4 aromatic rings. The summed E-state index contributed by atoms with van der Waals surface area (Å²) in [6.45, 7) is 5.37. The van der Waals surface area contributed by atoms with Gasteiger partial charge in [-0.1, -0.05) is 24.3 Å². The van der Waals surface area contributed by atoms with Gasteiger partial charge in [-0.3, -0.25) is 24.4 Å². The van der Waals surface area contributed by atoms with Crippen molar-refractivity contribution in [3.05, 3.63) is 106 Å². The van der Waals surface area contributed by atoms with Crippen LogP contribution in [-0.2, 0) is 23.9 Å². The summed E-state index contributed by atoms with van der Waals surface area (Å²) in [5.41, 5.74) is 9.32. The quantitative estimate of drug-likeness (QED) is 0.0724. The fourth-order valence-electron chi connectivity index (χ4n) is 9.74. The highest BCUT2D eigenvalue weighted by molar-refractivity contribution is 6.16. The van der Waals surface area contributed by atoms with Crippen LogP contribution in [0.4, 0.5) is 11.4 Å². The Kier molecular flexibility index (Phi) is 18.2. The number of anilines is 2. The van der Waals surface area contributed by atoms with Crippen LogP contribution in [0.3, 0.4) is 0 Å². The zero-order valence-electron chi connectivity index (χ0n) is 41.6. The number of aliphatic hydroxyl groups excluding tert-OH is 2. The van der Waals surface area contributed by atoms with E-state index >= 15 is 0 Å². The Labute approximate surface area is 415 Å². The number of carbonyl (C=O) groups is 3. The maximum Gasteiger partial charge on any atom is 0.306 e. The van der Waals surface area contributed by atoms with E-state index in [1.807, 2.05) is 80.6 Å². The molecule has 0 aromatic heterocycles. The SMILES string of the molecule is CCOc1cc2c(cc1OC)C(c1ccc(NC(=O)CCOC)cc1)=NC1CCC(O)CC21.CCOc1cc2c(cc1OC)C(c1cccc(NC(=O)COC)c1)=NC1CCC(O)CC21.O=C(O)C1CC1. The van der Waals surface area contributed by atoms with Gasteiger partial charge < -0.3 is 54.4 Å². The Balaban J connectivity index is 0.000000186. The van der Waals surface area contributed by atoms with Crippen LogP contribution in [0.2, 0.25) is 0 Å². The van der Waals surface area contributed by atoms with Crippen LogP contribution in [0.25, 0.3) is 0 Å². The summed E-state index contributed by atoms with van der Waals surface area (Å²) in [6.07, 6.45) is 6.03. The van der Waals surface area contributed by atoms with Gasteiger partial charge in [0, 0.05) is 59.7 Å². The molecule has 71 heavy (non-hydrogen) atoms. The second kappa shape index (κ2) is 24.7. The Morgan fingerprint density at radius 3 is 1.61 bits per heavy atom. The van der Waals surface area contributed by atoms with Crippen molar-refractivity contribution in [3.8, 4) is 23.0 Å². The second-order valence-electron chi connectivity index (χ2n) is 18.3. The smallest absolute Gasteiger partial charge is 0.306 e. The first kappa shape index (κ1) is 52.5. The molecule has 0 saturated heterocycles. The lowest BCUT2D eigenvalue weighted by Crippen LogP contribution is -2.34. The van der Waals surface area contributed by atoms with Crippen LogP contribution in [0.5, 0.6) is 23.0 Å². The maximum absolute atomic E-state index is 12.0. The molecule has 3 aliphatic carbocycles. The number of benzene rings is 4. The molecule has 5 N–H and O–H groups in total. The first-order valence-corrected chi connectivity index (χ1v) is 24.6. The lowest BCUT2D eigenvalue weighted by molar-refractivity contribution is -0.138. The van der Waals surface area contributed by atoms with Gasteiger partial charge in [0.1, 0.15) is 6.61 Å². The Hall–Kier alpha value is -6.33. The highest BCUT2D eigenvalue weighted by atomic mass is 16.5. The molecule has 16 nitrogen and oxygen atoms in total. The highest BCUT2D eigenvalue weighted by Crippen LogP contribution is 2.47. The largest absolute Gasteiger partial charge is 0.493 e. The van der Waals surface area contributed by atoms with Crippen molar-refractivity contribution < 1.29 is 58.1 Å².